The van der Waals surface area contributed by atoms with Crippen LogP contribution in [-0.4, -0.2) is 35.0 Å². The van der Waals surface area contributed by atoms with Crippen LogP contribution in [0.25, 0.3) is 0 Å². The molecule has 0 aromatic carbocycles. The molecule has 1 rings (SSSR count). The first-order valence-electron chi connectivity index (χ1n) is 5.77. The van der Waals surface area contributed by atoms with Crippen molar-refractivity contribution < 1.29 is 4.79 Å². The Morgan fingerprint density at radius 2 is 2.12 bits per heavy atom. The monoisotopic (exact) mass is 223 g/mol. The first kappa shape index (κ1) is 12.8. The summed E-state index contributed by atoms with van der Waals surface area (Å²) in [5.74, 6) is 0.166. The van der Waals surface area contributed by atoms with Crippen molar-refractivity contribution in [2.45, 2.75) is 20.4 Å². The largest absolute Gasteiger partial charge is 0.353 e. The number of likely N-dealkylation sites (N-methyl/N-ethyl adjacent to an activating group) is 1. The van der Waals surface area contributed by atoms with E-state index in [2.05, 4.69) is 16.0 Å². The molecule has 1 amide bonds. The molecule has 90 valence electrons. The van der Waals surface area contributed by atoms with Gasteiger partial charge in [0.2, 0.25) is 5.91 Å². The van der Waals surface area contributed by atoms with E-state index in [1.165, 1.54) is 5.69 Å². The Morgan fingerprint density at radius 3 is 2.62 bits per heavy atom. The zero-order chi connectivity index (χ0) is 12.0. The van der Waals surface area contributed by atoms with E-state index in [0.29, 0.717) is 6.54 Å². The molecule has 16 heavy (non-hydrogen) atoms. The second kappa shape index (κ2) is 6.33. The second-order valence-electron chi connectivity index (χ2n) is 3.78. The Kier molecular flexibility index (Phi) is 5.05. The van der Waals surface area contributed by atoms with Crippen LogP contribution in [0, 0.1) is 0 Å². The van der Waals surface area contributed by atoms with Crippen molar-refractivity contribution in [3.63, 3.8) is 0 Å². The number of aryl methyl sites for hydroxylation is 1. The number of hydrogen-bond acceptors (Lipinski definition) is 2. The first-order chi connectivity index (χ1) is 7.69. The number of nitrogens with zero attached hydrogens (tertiary/aromatic N) is 2. The molecule has 0 unspecified atom stereocenters. The van der Waals surface area contributed by atoms with Crippen molar-refractivity contribution in [1.29, 1.82) is 0 Å². The Labute approximate surface area is 97.2 Å². The van der Waals surface area contributed by atoms with E-state index in [9.17, 15) is 4.79 Å². The predicted molar refractivity (Wildman–Crippen MR) is 65.0 cm³/mol. The Bertz CT molecular complexity index is 329. The van der Waals surface area contributed by atoms with Crippen LogP contribution >= 0.6 is 0 Å². The molecule has 4 heteroatoms. The molecule has 1 aromatic heterocycles. The summed E-state index contributed by atoms with van der Waals surface area (Å²) in [7, 11) is 2.00. The molecule has 0 saturated carbocycles. The number of carbonyl (C=O) groups excluding carboxylic acids is 1. The Hall–Kier alpha value is -1.29. The van der Waals surface area contributed by atoms with Crippen molar-refractivity contribution in [3.8, 4) is 0 Å². The third kappa shape index (κ3) is 3.38. The molecule has 1 heterocycles. The van der Waals surface area contributed by atoms with Gasteiger partial charge in [0.1, 0.15) is 0 Å². The van der Waals surface area contributed by atoms with Crippen LogP contribution in [-0.2, 0) is 18.4 Å². The highest BCUT2D eigenvalue weighted by Gasteiger charge is 2.08. The van der Waals surface area contributed by atoms with Crippen LogP contribution in [0.3, 0.4) is 0 Å². The number of hydrogen-bond donors (Lipinski definition) is 1. The minimum atomic E-state index is 0.166. The number of rotatable bonds is 6. The zero-order valence-electron chi connectivity index (χ0n) is 10.4. The first-order valence-corrected chi connectivity index (χ1v) is 5.77. The lowest BCUT2D eigenvalue weighted by Crippen LogP contribution is -2.37. The van der Waals surface area contributed by atoms with E-state index in [-0.39, 0.29) is 5.91 Å². The lowest BCUT2D eigenvalue weighted by atomic mass is 10.4. The fourth-order valence-electron chi connectivity index (χ4n) is 1.67. The molecule has 0 aliphatic carbocycles. The highest BCUT2D eigenvalue weighted by Crippen LogP contribution is 1.98. The molecule has 0 spiro atoms. The lowest BCUT2D eigenvalue weighted by Gasteiger charge is -2.18. The molecule has 0 aliphatic rings. The van der Waals surface area contributed by atoms with Crippen LogP contribution in [0.1, 0.15) is 19.5 Å². The maximum absolute atomic E-state index is 11.7. The van der Waals surface area contributed by atoms with Crippen molar-refractivity contribution in [1.82, 2.24) is 14.8 Å². The van der Waals surface area contributed by atoms with Gasteiger partial charge in [0.15, 0.2) is 0 Å². The van der Waals surface area contributed by atoms with Crippen LogP contribution in [0.15, 0.2) is 18.3 Å². The molecule has 0 radical (unpaired) electrons. The molecule has 0 bridgehead atoms. The third-order valence-corrected chi connectivity index (χ3v) is 2.75. The quantitative estimate of drug-likeness (QED) is 0.780. The van der Waals surface area contributed by atoms with E-state index in [1.807, 2.05) is 38.1 Å². The number of amides is 1. The topological polar surface area (TPSA) is 37.3 Å². The van der Waals surface area contributed by atoms with E-state index in [1.54, 1.807) is 0 Å². The summed E-state index contributed by atoms with van der Waals surface area (Å²) in [6.07, 6.45) is 2.00. The van der Waals surface area contributed by atoms with E-state index < -0.39 is 0 Å². The van der Waals surface area contributed by atoms with Crippen LogP contribution in [0.5, 0.6) is 0 Å². The van der Waals surface area contributed by atoms with Gasteiger partial charge in [0.05, 0.1) is 6.54 Å². The van der Waals surface area contributed by atoms with E-state index in [0.717, 1.165) is 19.6 Å². The zero-order valence-corrected chi connectivity index (χ0v) is 10.4. The molecule has 0 fully saturated rings. The van der Waals surface area contributed by atoms with Gasteiger partial charge >= 0.3 is 0 Å². The van der Waals surface area contributed by atoms with Crippen LogP contribution in [0.2, 0.25) is 0 Å². The molecule has 1 N–H and O–H groups in total. The smallest absolute Gasteiger partial charge is 0.236 e. The second-order valence-corrected chi connectivity index (χ2v) is 3.78. The van der Waals surface area contributed by atoms with E-state index >= 15 is 0 Å². The predicted octanol–water partition coefficient (Wildman–Crippen LogP) is 0.983. The lowest BCUT2D eigenvalue weighted by molar-refractivity contribution is -0.129. The standard InChI is InChI=1S/C12H21N3O/c1-4-15(5-2)12(16)10-13-9-11-7-6-8-14(11)3/h6-8,13H,4-5,9-10H2,1-3H3. The maximum atomic E-state index is 11.7. The molecular weight excluding hydrogens is 202 g/mol. The minimum absolute atomic E-state index is 0.166. The number of nitrogens with one attached hydrogen (secondary N) is 1. The molecule has 0 aliphatic heterocycles. The van der Waals surface area contributed by atoms with Crippen LogP contribution in [0.4, 0.5) is 0 Å². The van der Waals surface area contributed by atoms with Gasteiger partial charge in [-0.25, -0.2) is 0 Å². The van der Waals surface area contributed by atoms with Gasteiger partial charge < -0.3 is 14.8 Å². The molecule has 0 saturated heterocycles. The summed E-state index contributed by atoms with van der Waals surface area (Å²) in [4.78, 5) is 13.5. The fourth-order valence-corrected chi connectivity index (χ4v) is 1.67. The van der Waals surface area contributed by atoms with Gasteiger partial charge in [0, 0.05) is 38.6 Å². The van der Waals surface area contributed by atoms with Crippen molar-refractivity contribution in [2.75, 3.05) is 19.6 Å². The summed E-state index contributed by atoms with van der Waals surface area (Å²) in [5.41, 5.74) is 1.19. The SMILES string of the molecule is CCN(CC)C(=O)CNCc1cccn1C. The summed E-state index contributed by atoms with van der Waals surface area (Å²) in [6, 6.07) is 4.05. The van der Waals surface area contributed by atoms with Crippen molar-refractivity contribution in [2.24, 2.45) is 7.05 Å². The highest BCUT2D eigenvalue weighted by atomic mass is 16.2. The molecule has 0 atom stereocenters. The van der Waals surface area contributed by atoms with Crippen molar-refractivity contribution >= 4 is 5.91 Å². The minimum Gasteiger partial charge on any atom is -0.353 e. The Morgan fingerprint density at radius 1 is 1.44 bits per heavy atom. The normalized spacial score (nSPS) is 10.4. The molecule has 4 nitrogen and oxygen atoms in total. The summed E-state index contributed by atoms with van der Waals surface area (Å²) in [6.45, 7) is 6.70. The van der Waals surface area contributed by atoms with Gasteiger partial charge in [0.25, 0.3) is 0 Å². The highest BCUT2D eigenvalue weighted by molar-refractivity contribution is 5.78. The molecule has 1 aromatic rings. The van der Waals surface area contributed by atoms with Crippen LogP contribution < -0.4 is 5.32 Å². The summed E-state index contributed by atoms with van der Waals surface area (Å²) < 4.78 is 2.05. The van der Waals surface area contributed by atoms with Gasteiger partial charge in [-0.2, -0.15) is 0 Å². The maximum Gasteiger partial charge on any atom is 0.236 e. The van der Waals surface area contributed by atoms with Gasteiger partial charge in [-0.05, 0) is 26.0 Å². The number of carbonyl (C=O) groups is 1. The number of aromatic nitrogens is 1. The average molecular weight is 223 g/mol. The average Bonchev–Trinajstić information content (AvgIpc) is 2.66. The van der Waals surface area contributed by atoms with Crippen molar-refractivity contribution in [3.05, 3.63) is 24.0 Å². The van der Waals surface area contributed by atoms with Gasteiger partial charge in [-0.1, -0.05) is 0 Å². The molecular formula is C12H21N3O. The van der Waals surface area contributed by atoms with Gasteiger partial charge in [-0.3, -0.25) is 4.79 Å². The third-order valence-electron chi connectivity index (χ3n) is 2.75. The Balaban J connectivity index is 2.30. The summed E-state index contributed by atoms with van der Waals surface area (Å²) >= 11 is 0. The van der Waals surface area contributed by atoms with Gasteiger partial charge in [-0.15, -0.1) is 0 Å². The summed E-state index contributed by atoms with van der Waals surface area (Å²) in [5, 5.41) is 3.17. The van der Waals surface area contributed by atoms with E-state index in [4.69, 9.17) is 0 Å². The fraction of sp³-hybridized carbons (Fsp3) is 0.583.